The number of carbonyl (C=O) groups is 1. The van der Waals surface area contributed by atoms with Gasteiger partial charge in [-0.05, 0) is 29.8 Å². The largest absolute Gasteiger partial charge is 0.381 e. The SMILES string of the molecule is O=C(NCCN1CCOCC1)c1cc(NCc2ccc(F)cc2)ccn1. The highest BCUT2D eigenvalue weighted by atomic mass is 19.1. The molecule has 0 saturated carbocycles. The molecule has 7 heteroatoms. The molecule has 0 aliphatic carbocycles. The number of benzene rings is 1. The molecule has 1 aliphatic rings. The lowest BCUT2D eigenvalue weighted by Gasteiger charge is -2.26. The summed E-state index contributed by atoms with van der Waals surface area (Å²) in [6.45, 7) is 5.22. The molecule has 138 valence electrons. The zero-order valence-corrected chi connectivity index (χ0v) is 14.6. The van der Waals surface area contributed by atoms with Gasteiger partial charge in [0.05, 0.1) is 13.2 Å². The highest BCUT2D eigenvalue weighted by Crippen LogP contribution is 2.11. The molecule has 1 aliphatic heterocycles. The minimum atomic E-state index is -0.256. The van der Waals surface area contributed by atoms with Crippen LogP contribution in [0.15, 0.2) is 42.6 Å². The Balaban J connectivity index is 1.47. The highest BCUT2D eigenvalue weighted by molar-refractivity contribution is 5.93. The number of rotatable bonds is 7. The predicted molar refractivity (Wildman–Crippen MR) is 97.6 cm³/mol. The minimum absolute atomic E-state index is 0.191. The molecule has 2 N–H and O–H groups in total. The van der Waals surface area contributed by atoms with E-state index >= 15 is 0 Å². The number of anilines is 1. The highest BCUT2D eigenvalue weighted by Gasteiger charge is 2.11. The Morgan fingerprint density at radius 2 is 1.96 bits per heavy atom. The van der Waals surface area contributed by atoms with Crippen molar-refractivity contribution >= 4 is 11.6 Å². The number of pyridine rings is 1. The van der Waals surface area contributed by atoms with Crippen LogP contribution in [0, 0.1) is 5.82 Å². The summed E-state index contributed by atoms with van der Waals surface area (Å²) in [5, 5.41) is 6.12. The van der Waals surface area contributed by atoms with E-state index in [1.54, 1.807) is 30.5 Å². The molecule has 6 nitrogen and oxygen atoms in total. The standard InChI is InChI=1S/C19H23FN4O2/c20-16-3-1-15(2-4-16)14-23-17-5-6-21-18(13-17)19(25)22-7-8-24-9-11-26-12-10-24/h1-6,13H,7-12,14H2,(H,21,23)(H,22,25). The monoisotopic (exact) mass is 358 g/mol. The number of hydrogen-bond acceptors (Lipinski definition) is 5. The predicted octanol–water partition coefficient (Wildman–Crippen LogP) is 1.89. The van der Waals surface area contributed by atoms with Gasteiger partial charge >= 0.3 is 0 Å². The maximum absolute atomic E-state index is 12.9. The Labute approximate surface area is 152 Å². The fourth-order valence-corrected chi connectivity index (χ4v) is 2.71. The number of halogens is 1. The molecule has 0 atom stereocenters. The van der Waals surface area contributed by atoms with Crippen LogP contribution in [0.25, 0.3) is 0 Å². The summed E-state index contributed by atoms with van der Waals surface area (Å²) in [4.78, 5) is 18.7. The number of hydrogen-bond donors (Lipinski definition) is 2. The number of nitrogens with zero attached hydrogens (tertiary/aromatic N) is 2. The zero-order valence-electron chi connectivity index (χ0n) is 14.6. The van der Waals surface area contributed by atoms with Crippen molar-refractivity contribution in [3.8, 4) is 0 Å². The van der Waals surface area contributed by atoms with Gasteiger partial charge in [0.15, 0.2) is 0 Å². The minimum Gasteiger partial charge on any atom is -0.381 e. The van der Waals surface area contributed by atoms with Crippen molar-refractivity contribution in [3.05, 3.63) is 59.7 Å². The molecule has 0 unspecified atom stereocenters. The summed E-state index contributed by atoms with van der Waals surface area (Å²) in [6, 6.07) is 9.82. The van der Waals surface area contributed by atoms with E-state index in [0.29, 0.717) is 18.8 Å². The molecule has 0 spiro atoms. The van der Waals surface area contributed by atoms with E-state index in [-0.39, 0.29) is 11.7 Å². The van der Waals surface area contributed by atoms with Crippen molar-refractivity contribution in [1.82, 2.24) is 15.2 Å². The molecule has 2 heterocycles. The van der Waals surface area contributed by atoms with Gasteiger partial charge in [0.25, 0.3) is 5.91 Å². The smallest absolute Gasteiger partial charge is 0.269 e. The lowest BCUT2D eigenvalue weighted by molar-refractivity contribution is 0.0383. The molecule has 1 amide bonds. The average molecular weight is 358 g/mol. The Kier molecular flexibility index (Phi) is 6.51. The number of ether oxygens (including phenoxy) is 1. The third kappa shape index (κ3) is 5.50. The van der Waals surface area contributed by atoms with E-state index in [0.717, 1.165) is 44.1 Å². The van der Waals surface area contributed by atoms with Crippen LogP contribution in [0.1, 0.15) is 16.1 Å². The number of amides is 1. The summed E-state index contributed by atoms with van der Waals surface area (Å²) in [6.07, 6.45) is 1.60. The molecule has 0 bridgehead atoms. The molecule has 26 heavy (non-hydrogen) atoms. The van der Waals surface area contributed by atoms with Gasteiger partial charge in [0, 0.05) is 44.6 Å². The Morgan fingerprint density at radius 3 is 2.73 bits per heavy atom. The first-order valence-corrected chi connectivity index (χ1v) is 8.73. The van der Waals surface area contributed by atoms with Crippen LogP contribution >= 0.6 is 0 Å². The van der Waals surface area contributed by atoms with E-state index in [1.807, 2.05) is 0 Å². The molecular formula is C19H23FN4O2. The summed E-state index contributed by atoms with van der Waals surface area (Å²) in [7, 11) is 0. The second-order valence-electron chi connectivity index (χ2n) is 6.12. The summed E-state index contributed by atoms with van der Waals surface area (Å²) in [5.74, 6) is -0.447. The number of morpholine rings is 1. The Hall–Kier alpha value is -2.51. The molecule has 2 aromatic rings. The van der Waals surface area contributed by atoms with Crippen LogP contribution in [-0.4, -0.2) is 55.2 Å². The Bertz CT molecular complexity index is 718. The van der Waals surface area contributed by atoms with E-state index in [1.165, 1.54) is 12.1 Å². The summed E-state index contributed by atoms with van der Waals surface area (Å²) < 4.78 is 18.2. The van der Waals surface area contributed by atoms with E-state index in [2.05, 4.69) is 20.5 Å². The third-order valence-corrected chi connectivity index (χ3v) is 4.22. The normalized spacial score (nSPS) is 14.8. The van der Waals surface area contributed by atoms with Crippen molar-refractivity contribution < 1.29 is 13.9 Å². The first kappa shape index (κ1) is 18.3. The summed E-state index contributed by atoms with van der Waals surface area (Å²) >= 11 is 0. The van der Waals surface area contributed by atoms with Crippen molar-refractivity contribution in [1.29, 1.82) is 0 Å². The third-order valence-electron chi connectivity index (χ3n) is 4.22. The van der Waals surface area contributed by atoms with Crippen molar-refractivity contribution in [2.75, 3.05) is 44.7 Å². The van der Waals surface area contributed by atoms with Gasteiger partial charge in [0.1, 0.15) is 11.5 Å². The van der Waals surface area contributed by atoms with Crippen molar-refractivity contribution in [2.24, 2.45) is 0 Å². The zero-order chi connectivity index (χ0) is 18.2. The fourth-order valence-electron chi connectivity index (χ4n) is 2.71. The second-order valence-corrected chi connectivity index (χ2v) is 6.12. The van der Waals surface area contributed by atoms with Gasteiger partial charge in [-0.2, -0.15) is 0 Å². The van der Waals surface area contributed by atoms with Crippen LogP contribution in [0.2, 0.25) is 0 Å². The van der Waals surface area contributed by atoms with Crippen LogP contribution in [0.4, 0.5) is 10.1 Å². The van der Waals surface area contributed by atoms with E-state index < -0.39 is 0 Å². The lowest BCUT2D eigenvalue weighted by atomic mass is 10.2. The molecule has 1 aromatic carbocycles. The summed E-state index contributed by atoms with van der Waals surface area (Å²) in [5.41, 5.74) is 2.12. The van der Waals surface area contributed by atoms with Gasteiger partial charge in [-0.1, -0.05) is 12.1 Å². The molecule has 0 radical (unpaired) electrons. The molecule has 1 fully saturated rings. The Morgan fingerprint density at radius 1 is 1.19 bits per heavy atom. The lowest BCUT2D eigenvalue weighted by Crippen LogP contribution is -2.41. The van der Waals surface area contributed by atoms with Crippen molar-refractivity contribution in [3.63, 3.8) is 0 Å². The van der Waals surface area contributed by atoms with Crippen LogP contribution < -0.4 is 10.6 Å². The number of carbonyl (C=O) groups excluding carboxylic acids is 1. The maximum Gasteiger partial charge on any atom is 0.269 e. The van der Waals surface area contributed by atoms with Gasteiger partial charge < -0.3 is 15.4 Å². The molecule has 1 saturated heterocycles. The van der Waals surface area contributed by atoms with E-state index in [4.69, 9.17) is 4.74 Å². The van der Waals surface area contributed by atoms with Crippen LogP contribution in [0.3, 0.4) is 0 Å². The van der Waals surface area contributed by atoms with Crippen LogP contribution in [-0.2, 0) is 11.3 Å². The number of nitrogens with one attached hydrogen (secondary N) is 2. The molecular weight excluding hydrogens is 335 g/mol. The topological polar surface area (TPSA) is 66.5 Å². The maximum atomic E-state index is 12.9. The first-order chi connectivity index (χ1) is 12.7. The van der Waals surface area contributed by atoms with Gasteiger partial charge in [0.2, 0.25) is 0 Å². The molecule has 3 rings (SSSR count). The van der Waals surface area contributed by atoms with Gasteiger partial charge in [-0.3, -0.25) is 14.7 Å². The average Bonchev–Trinajstić information content (AvgIpc) is 2.68. The van der Waals surface area contributed by atoms with E-state index in [9.17, 15) is 9.18 Å². The van der Waals surface area contributed by atoms with Gasteiger partial charge in [-0.15, -0.1) is 0 Å². The quantitative estimate of drug-likeness (QED) is 0.791. The second kappa shape index (κ2) is 9.26. The fraction of sp³-hybridized carbons (Fsp3) is 0.368. The van der Waals surface area contributed by atoms with Crippen LogP contribution in [0.5, 0.6) is 0 Å². The first-order valence-electron chi connectivity index (χ1n) is 8.73. The number of aromatic nitrogens is 1. The molecule has 1 aromatic heterocycles. The van der Waals surface area contributed by atoms with Gasteiger partial charge in [-0.25, -0.2) is 4.39 Å². The van der Waals surface area contributed by atoms with Crippen molar-refractivity contribution in [2.45, 2.75) is 6.54 Å².